The number of ether oxygens (including phenoxy) is 1. The lowest BCUT2D eigenvalue weighted by Crippen LogP contribution is -2.41. The van der Waals surface area contributed by atoms with Crippen LogP contribution in [0.15, 0.2) is 24.3 Å². The first-order chi connectivity index (χ1) is 9.61. The second-order valence-electron chi connectivity index (χ2n) is 6.26. The van der Waals surface area contributed by atoms with Crippen molar-refractivity contribution in [2.75, 3.05) is 19.7 Å². The summed E-state index contributed by atoms with van der Waals surface area (Å²) in [4.78, 5) is 0. The molecule has 1 aliphatic rings. The van der Waals surface area contributed by atoms with Crippen LogP contribution >= 0.6 is 0 Å². The van der Waals surface area contributed by atoms with E-state index in [1.807, 2.05) is 18.2 Å². The Morgan fingerprint density at radius 2 is 2.20 bits per heavy atom. The minimum absolute atomic E-state index is 0.344. The number of nitrogens with one attached hydrogen (secondary N) is 1. The summed E-state index contributed by atoms with van der Waals surface area (Å²) in [6.45, 7) is 6.37. The molecule has 0 bridgehead atoms. The van der Waals surface area contributed by atoms with Gasteiger partial charge in [0.25, 0.3) is 0 Å². The van der Waals surface area contributed by atoms with Crippen molar-refractivity contribution in [3.63, 3.8) is 0 Å². The molecule has 112 valence electrons. The van der Waals surface area contributed by atoms with Crippen molar-refractivity contribution in [2.45, 2.75) is 45.6 Å². The molecule has 1 aliphatic carbocycles. The van der Waals surface area contributed by atoms with Crippen LogP contribution in [-0.2, 0) is 6.42 Å². The molecule has 0 saturated heterocycles. The summed E-state index contributed by atoms with van der Waals surface area (Å²) in [5.41, 5.74) is 1.71. The fourth-order valence-electron chi connectivity index (χ4n) is 2.60. The van der Waals surface area contributed by atoms with Gasteiger partial charge in [-0.25, -0.2) is 0 Å². The van der Waals surface area contributed by atoms with E-state index in [0.717, 1.165) is 18.7 Å². The van der Waals surface area contributed by atoms with Gasteiger partial charge in [-0.1, -0.05) is 32.4 Å². The van der Waals surface area contributed by atoms with E-state index in [-0.39, 0.29) is 0 Å². The standard InChI is InChI=1S/C17H27NO2/c1-3-14-6-4-7-16(10-14)20-12-15(19)11-18-13-17(2)8-5-9-17/h4,6-7,10,15,18-19H,3,5,8-9,11-13H2,1-2H3. The minimum Gasteiger partial charge on any atom is -0.491 e. The summed E-state index contributed by atoms with van der Waals surface area (Å²) in [7, 11) is 0. The summed E-state index contributed by atoms with van der Waals surface area (Å²) in [6, 6.07) is 8.06. The monoisotopic (exact) mass is 277 g/mol. The zero-order valence-corrected chi connectivity index (χ0v) is 12.7. The first-order valence-electron chi connectivity index (χ1n) is 7.72. The highest BCUT2D eigenvalue weighted by Crippen LogP contribution is 2.39. The highest BCUT2D eigenvalue weighted by Gasteiger charge is 2.31. The normalized spacial score (nSPS) is 18.4. The van der Waals surface area contributed by atoms with Crippen LogP contribution in [-0.4, -0.2) is 30.9 Å². The average Bonchev–Trinajstić information content (AvgIpc) is 2.43. The number of hydrogen-bond donors (Lipinski definition) is 2. The van der Waals surface area contributed by atoms with Gasteiger partial charge in [0.05, 0.1) is 0 Å². The Morgan fingerprint density at radius 3 is 2.85 bits per heavy atom. The molecular formula is C17H27NO2. The van der Waals surface area contributed by atoms with E-state index in [0.29, 0.717) is 18.6 Å². The molecule has 1 saturated carbocycles. The fourth-order valence-corrected chi connectivity index (χ4v) is 2.60. The van der Waals surface area contributed by atoms with Crippen LogP contribution in [0, 0.1) is 5.41 Å². The molecule has 0 aliphatic heterocycles. The highest BCUT2D eigenvalue weighted by atomic mass is 16.5. The fraction of sp³-hybridized carbons (Fsp3) is 0.647. The maximum atomic E-state index is 9.94. The molecular weight excluding hydrogens is 250 g/mol. The molecule has 0 radical (unpaired) electrons. The largest absolute Gasteiger partial charge is 0.491 e. The topological polar surface area (TPSA) is 41.5 Å². The number of aryl methyl sites for hydroxylation is 1. The van der Waals surface area contributed by atoms with Gasteiger partial charge in [-0.05, 0) is 42.4 Å². The Labute approximate surface area is 122 Å². The maximum absolute atomic E-state index is 9.94. The number of hydrogen-bond acceptors (Lipinski definition) is 3. The van der Waals surface area contributed by atoms with E-state index >= 15 is 0 Å². The molecule has 0 amide bonds. The van der Waals surface area contributed by atoms with Crippen LogP contribution in [0.3, 0.4) is 0 Å². The minimum atomic E-state index is -0.455. The molecule has 1 fully saturated rings. The summed E-state index contributed by atoms with van der Waals surface area (Å²) in [6.07, 6.45) is 4.49. The van der Waals surface area contributed by atoms with Crippen LogP contribution in [0.25, 0.3) is 0 Å². The first kappa shape index (κ1) is 15.3. The molecule has 20 heavy (non-hydrogen) atoms. The predicted octanol–water partition coefficient (Wildman–Crippen LogP) is 2.77. The van der Waals surface area contributed by atoms with E-state index in [4.69, 9.17) is 4.74 Å². The van der Waals surface area contributed by atoms with Crippen molar-refractivity contribution < 1.29 is 9.84 Å². The SMILES string of the molecule is CCc1cccc(OCC(O)CNCC2(C)CCC2)c1. The quantitative estimate of drug-likeness (QED) is 0.768. The lowest BCUT2D eigenvalue weighted by Gasteiger charge is -2.38. The van der Waals surface area contributed by atoms with E-state index < -0.39 is 6.10 Å². The van der Waals surface area contributed by atoms with E-state index in [1.54, 1.807) is 0 Å². The Hall–Kier alpha value is -1.06. The van der Waals surface area contributed by atoms with E-state index in [2.05, 4.69) is 25.2 Å². The number of rotatable bonds is 8. The van der Waals surface area contributed by atoms with Crippen LogP contribution in [0.5, 0.6) is 5.75 Å². The Balaban J connectivity index is 1.65. The summed E-state index contributed by atoms with van der Waals surface area (Å²) >= 11 is 0. The van der Waals surface area contributed by atoms with Gasteiger partial charge >= 0.3 is 0 Å². The van der Waals surface area contributed by atoms with Crippen molar-refractivity contribution in [1.29, 1.82) is 0 Å². The van der Waals surface area contributed by atoms with Gasteiger partial charge in [-0.3, -0.25) is 0 Å². The van der Waals surface area contributed by atoms with Crippen molar-refractivity contribution in [3.05, 3.63) is 29.8 Å². The number of aliphatic hydroxyl groups excluding tert-OH is 1. The molecule has 1 atom stereocenters. The third-order valence-corrected chi connectivity index (χ3v) is 4.24. The smallest absolute Gasteiger partial charge is 0.119 e. The summed E-state index contributed by atoms with van der Waals surface area (Å²) < 4.78 is 5.64. The van der Waals surface area contributed by atoms with Crippen LogP contribution in [0.1, 0.15) is 38.7 Å². The van der Waals surface area contributed by atoms with E-state index in [1.165, 1.54) is 24.8 Å². The zero-order chi connectivity index (χ0) is 14.4. The molecule has 0 heterocycles. The van der Waals surface area contributed by atoms with Crippen molar-refractivity contribution in [2.24, 2.45) is 5.41 Å². The molecule has 2 rings (SSSR count). The molecule has 1 aromatic carbocycles. The van der Waals surface area contributed by atoms with Crippen molar-refractivity contribution in [1.82, 2.24) is 5.32 Å². The van der Waals surface area contributed by atoms with Crippen molar-refractivity contribution in [3.8, 4) is 5.75 Å². The Morgan fingerprint density at radius 1 is 1.40 bits per heavy atom. The molecule has 3 nitrogen and oxygen atoms in total. The lowest BCUT2D eigenvalue weighted by molar-refractivity contribution is 0.0946. The van der Waals surface area contributed by atoms with Gasteiger partial charge in [0.15, 0.2) is 0 Å². The maximum Gasteiger partial charge on any atom is 0.119 e. The Bertz CT molecular complexity index is 415. The third-order valence-electron chi connectivity index (χ3n) is 4.24. The first-order valence-corrected chi connectivity index (χ1v) is 7.72. The van der Waals surface area contributed by atoms with Gasteiger partial charge < -0.3 is 15.2 Å². The Kier molecular flexibility index (Phi) is 5.44. The second kappa shape index (κ2) is 7.09. The van der Waals surface area contributed by atoms with Crippen LogP contribution in [0.2, 0.25) is 0 Å². The van der Waals surface area contributed by atoms with Crippen LogP contribution in [0.4, 0.5) is 0 Å². The van der Waals surface area contributed by atoms with Crippen LogP contribution < -0.4 is 10.1 Å². The molecule has 1 aromatic rings. The molecule has 0 aromatic heterocycles. The number of benzene rings is 1. The summed E-state index contributed by atoms with van der Waals surface area (Å²) in [5, 5.41) is 13.3. The van der Waals surface area contributed by atoms with Crippen molar-refractivity contribution >= 4 is 0 Å². The third kappa shape index (κ3) is 4.50. The summed E-state index contributed by atoms with van der Waals surface area (Å²) in [5.74, 6) is 0.842. The second-order valence-corrected chi connectivity index (χ2v) is 6.26. The zero-order valence-electron chi connectivity index (χ0n) is 12.7. The van der Waals surface area contributed by atoms with Gasteiger partial charge in [0, 0.05) is 13.1 Å². The van der Waals surface area contributed by atoms with Gasteiger partial charge in [-0.15, -0.1) is 0 Å². The lowest BCUT2D eigenvalue weighted by atomic mass is 9.70. The van der Waals surface area contributed by atoms with Gasteiger partial charge in [0.1, 0.15) is 18.5 Å². The molecule has 3 heteroatoms. The highest BCUT2D eigenvalue weighted by molar-refractivity contribution is 5.28. The predicted molar refractivity (Wildman–Crippen MR) is 82.1 cm³/mol. The number of aliphatic hydroxyl groups is 1. The van der Waals surface area contributed by atoms with Gasteiger partial charge in [-0.2, -0.15) is 0 Å². The van der Waals surface area contributed by atoms with Gasteiger partial charge in [0.2, 0.25) is 0 Å². The molecule has 2 N–H and O–H groups in total. The average molecular weight is 277 g/mol. The molecule has 1 unspecified atom stereocenters. The molecule has 0 spiro atoms. The van der Waals surface area contributed by atoms with E-state index in [9.17, 15) is 5.11 Å².